The quantitative estimate of drug-likeness (QED) is 0.0232. The molecule has 24 heteroatoms. The predicted octanol–water partition coefficient (Wildman–Crippen LogP) is 7.82. The molecule has 0 amide bonds. The highest BCUT2D eigenvalue weighted by Crippen LogP contribution is 2.36. The second-order valence-corrected chi connectivity index (χ2v) is 18.5. The molecule has 0 aliphatic carbocycles. The van der Waals surface area contributed by atoms with Crippen LogP contribution in [0.4, 0.5) is 11.4 Å². The third-order valence-electron chi connectivity index (χ3n) is 13.0. The Kier molecular flexibility index (Phi) is 29.3. The molecule has 462 valence electrons. The van der Waals surface area contributed by atoms with Crippen LogP contribution >= 0.6 is 0 Å². The summed E-state index contributed by atoms with van der Waals surface area (Å²) >= 11 is 0. The number of nitrogens with two attached hydrogens (primary N) is 1. The number of aliphatic imine (C=N–C) groups is 2. The molecule has 8 rings (SSSR count). The predicted molar refractivity (Wildman–Crippen MR) is 320 cm³/mol. The van der Waals surface area contributed by atoms with Gasteiger partial charge in [0.05, 0.1) is 71.8 Å². The van der Waals surface area contributed by atoms with Gasteiger partial charge in [0, 0.05) is 49.3 Å². The number of nitro groups is 2. The summed E-state index contributed by atoms with van der Waals surface area (Å²) in [6, 6.07) is 26.5. The summed E-state index contributed by atoms with van der Waals surface area (Å²) in [4.78, 5) is 87.3. The van der Waals surface area contributed by atoms with Gasteiger partial charge < -0.3 is 53.7 Å². The number of fused-ring (bicyclic) bond motifs is 3. The Bertz CT molecular complexity index is 3200. The summed E-state index contributed by atoms with van der Waals surface area (Å²) < 4.78 is 44.9. The van der Waals surface area contributed by atoms with Crippen molar-refractivity contribution < 1.29 is 76.5 Å². The van der Waals surface area contributed by atoms with Crippen molar-refractivity contribution in [1.29, 1.82) is 0 Å². The number of methoxy groups -OCH3 is 5. The molecule has 0 spiro atoms. The smallest absolute Gasteiger partial charge is 0.374 e. The van der Waals surface area contributed by atoms with Gasteiger partial charge in [0.2, 0.25) is 5.78 Å². The van der Waals surface area contributed by atoms with Crippen molar-refractivity contribution in [3.8, 4) is 28.7 Å². The van der Waals surface area contributed by atoms with Crippen molar-refractivity contribution in [3.05, 3.63) is 156 Å². The molecule has 0 saturated heterocycles. The standard InChI is InChI=1S/C14H18O4.C13H16N2O5.C13H14N2O5.C13H15NO3.C9H13NO/c1-3-18-14(16)13(15)9-5-7-11-6-4-8-12(10-11)17-2;2*1-3-20-13(16)12-9-7-10(15(17)18)11(19-2)6-8(9)4-5-14-12;1-3-17-13(15)12-11-5-4-10(16-2)8-9(11)6-7-14-12;1-11-9-4-2-3-8(7-9)5-6-10/h4,6,8,10H,3,5,7,9H2,1-2H3;6-7,12,14H,3-5H2,1-2H3;6-7H,3-5H2,1-2H3;4-5,8H,3,6-7H2,1-2H3;2-4,7H,5-6,10H2,1H3. The molecule has 3 heterocycles. The van der Waals surface area contributed by atoms with Crippen LogP contribution in [-0.2, 0) is 75.0 Å². The van der Waals surface area contributed by atoms with Gasteiger partial charge in [-0.2, -0.15) is 0 Å². The number of carbonyl (C=O) groups excluding carboxylic acids is 5. The number of benzene rings is 5. The lowest BCUT2D eigenvalue weighted by atomic mass is 9.93. The van der Waals surface area contributed by atoms with Gasteiger partial charge in [-0.25, -0.2) is 19.2 Å². The van der Waals surface area contributed by atoms with E-state index in [2.05, 4.69) is 26.1 Å². The summed E-state index contributed by atoms with van der Waals surface area (Å²) in [5.41, 5.74) is 12.6. The molecule has 0 aromatic heterocycles. The van der Waals surface area contributed by atoms with Gasteiger partial charge in [0.15, 0.2) is 22.9 Å². The van der Waals surface area contributed by atoms with Crippen LogP contribution in [0, 0.1) is 20.2 Å². The van der Waals surface area contributed by atoms with Crippen molar-refractivity contribution in [3.63, 3.8) is 0 Å². The molecule has 0 radical (unpaired) electrons. The number of carbonyl (C=O) groups is 5. The SMILES string of the molecule is CCOC(=O)C(=O)CCCc1cccc(OC)c1.CCOC(=O)C1=NCCc2cc(OC)c([N+](=O)[O-])cc21.CCOC(=O)C1=NCCc2cc(OC)ccc21.CCOC(=O)C1NCCc2cc(OC)c([N+](=O)[O-])cc21.COc1cccc(CCN)c1. The lowest BCUT2D eigenvalue weighted by Crippen LogP contribution is -2.36. The molecule has 5 aromatic rings. The number of rotatable bonds is 21. The molecule has 0 fully saturated rings. The number of esters is 4. The maximum absolute atomic E-state index is 11.9. The van der Waals surface area contributed by atoms with Gasteiger partial charge in [0.25, 0.3) is 0 Å². The number of ketones is 1. The maximum Gasteiger partial charge on any atom is 0.374 e. The zero-order valence-corrected chi connectivity index (χ0v) is 50.1. The van der Waals surface area contributed by atoms with Crippen LogP contribution in [0.1, 0.15) is 91.1 Å². The third kappa shape index (κ3) is 20.5. The van der Waals surface area contributed by atoms with Crippen molar-refractivity contribution in [2.75, 3.05) is 88.2 Å². The van der Waals surface area contributed by atoms with Crippen molar-refractivity contribution in [1.82, 2.24) is 5.32 Å². The van der Waals surface area contributed by atoms with E-state index in [0.717, 1.165) is 64.3 Å². The van der Waals surface area contributed by atoms with Crippen LogP contribution in [0.3, 0.4) is 0 Å². The number of nitrogens with one attached hydrogen (secondary N) is 1. The molecule has 3 aliphatic rings. The number of ether oxygens (including phenoxy) is 9. The molecule has 86 heavy (non-hydrogen) atoms. The normalized spacial score (nSPS) is 13.1. The Balaban J connectivity index is 0.000000233. The second kappa shape index (κ2) is 36.4. The monoisotopic (exact) mass is 1190 g/mol. The van der Waals surface area contributed by atoms with E-state index in [1.54, 1.807) is 61.2 Å². The average molecular weight is 1190 g/mol. The van der Waals surface area contributed by atoms with E-state index in [-0.39, 0.29) is 60.8 Å². The van der Waals surface area contributed by atoms with Crippen LogP contribution in [0.25, 0.3) is 0 Å². The Hall–Kier alpha value is -9.29. The van der Waals surface area contributed by atoms with Gasteiger partial charge >= 0.3 is 35.3 Å². The summed E-state index contributed by atoms with van der Waals surface area (Å²) in [5.74, 6) is 0.355. The van der Waals surface area contributed by atoms with Gasteiger partial charge in [-0.05, 0) is 161 Å². The van der Waals surface area contributed by atoms with E-state index in [4.69, 9.17) is 43.6 Å². The van der Waals surface area contributed by atoms with Gasteiger partial charge in [-0.3, -0.25) is 35.0 Å². The minimum Gasteiger partial charge on any atom is -0.497 e. The minimum absolute atomic E-state index is 0.138. The van der Waals surface area contributed by atoms with E-state index in [1.807, 2.05) is 60.7 Å². The molecule has 0 bridgehead atoms. The van der Waals surface area contributed by atoms with Crippen LogP contribution in [0.2, 0.25) is 0 Å². The number of hydrogen-bond donors (Lipinski definition) is 2. The summed E-state index contributed by atoms with van der Waals surface area (Å²) in [7, 11) is 7.67. The fourth-order valence-electron chi connectivity index (χ4n) is 8.88. The largest absolute Gasteiger partial charge is 0.497 e. The first-order chi connectivity index (χ1) is 41.4. The zero-order chi connectivity index (χ0) is 63.1. The number of hydrogen-bond acceptors (Lipinski definition) is 22. The Morgan fingerprint density at radius 1 is 0.570 bits per heavy atom. The average Bonchev–Trinajstić information content (AvgIpc) is 2.09. The first kappa shape index (κ1) is 69.2. The van der Waals surface area contributed by atoms with Gasteiger partial charge in [0.1, 0.15) is 23.3 Å². The van der Waals surface area contributed by atoms with Crippen LogP contribution < -0.4 is 34.7 Å². The lowest BCUT2D eigenvalue weighted by molar-refractivity contribution is -0.385. The second-order valence-electron chi connectivity index (χ2n) is 18.5. The Labute approximate surface area is 499 Å². The first-order valence-electron chi connectivity index (χ1n) is 27.8. The van der Waals surface area contributed by atoms with Crippen molar-refractivity contribution in [2.24, 2.45) is 15.7 Å². The van der Waals surface area contributed by atoms with Crippen molar-refractivity contribution >= 4 is 52.5 Å². The molecule has 1 atom stereocenters. The van der Waals surface area contributed by atoms with E-state index >= 15 is 0 Å². The van der Waals surface area contributed by atoms with E-state index in [0.29, 0.717) is 68.9 Å². The highest BCUT2D eigenvalue weighted by atomic mass is 16.6. The zero-order valence-electron chi connectivity index (χ0n) is 50.1. The van der Waals surface area contributed by atoms with Crippen LogP contribution in [0.5, 0.6) is 28.7 Å². The number of nitro benzene ring substituents is 2. The highest BCUT2D eigenvalue weighted by molar-refractivity contribution is 6.44. The Morgan fingerprint density at radius 2 is 1.07 bits per heavy atom. The topological polar surface area (TPSA) is 317 Å². The Morgan fingerprint density at radius 3 is 1.58 bits per heavy atom. The molecule has 3 aliphatic heterocycles. The van der Waals surface area contributed by atoms with E-state index in [1.165, 1.54) is 31.9 Å². The van der Waals surface area contributed by atoms with E-state index in [9.17, 15) is 44.2 Å². The molecule has 0 saturated carbocycles. The number of Topliss-reactive ketones (excluding diaryl/α,β-unsaturated/α-hetero) is 1. The van der Waals surface area contributed by atoms with Crippen molar-refractivity contribution in [2.45, 2.75) is 78.7 Å². The molecule has 24 nitrogen and oxygen atoms in total. The highest BCUT2D eigenvalue weighted by Gasteiger charge is 2.32. The van der Waals surface area contributed by atoms with Gasteiger partial charge in [-0.1, -0.05) is 24.3 Å². The summed E-state index contributed by atoms with van der Waals surface area (Å²) in [5, 5.41) is 25.1. The molecular formula is C62H76N6O18. The number of nitrogens with zero attached hydrogens (tertiary/aromatic N) is 4. The summed E-state index contributed by atoms with van der Waals surface area (Å²) in [6.07, 6.45) is 4.61. The molecular weight excluding hydrogens is 1120 g/mol. The van der Waals surface area contributed by atoms with Crippen LogP contribution in [0.15, 0.2) is 101 Å². The van der Waals surface area contributed by atoms with Crippen LogP contribution in [-0.4, -0.2) is 139 Å². The number of aryl methyl sites for hydroxylation is 1. The lowest BCUT2D eigenvalue weighted by Gasteiger charge is -2.25. The minimum atomic E-state index is -0.733. The maximum atomic E-state index is 11.9. The third-order valence-corrected chi connectivity index (χ3v) is 13.0. The fourth-order valence-corrected chi connectivity index (χ4v) is 8.88. The fraction of sp³-hybridized carbons (Fsp3) is 0.403. The van der Waals surface area contributed by atoms with Gasteiger partial charge in [-0.15, -0.1) is 0 Å². The molecule has 5 aromatic carbocycles. The first-order valence-corrected chi connectivity index (χ1v) is 27.8. The molecule has 3 N–H and O–H groups in total. The van der Waals surface area contributed by atoms with E-state index < -0.39 is 39.6 Å². The summed E-state index contributed by atoms with van der Waals surface area (Å²) in [6.45, 7) is 10.3. The molecule has 1 unspecified atom stereocenters.